The number of nitrogens with zero attached hydrogens (tertiary/aromatic N) is 3. The summed E-state index contributed by atoms with van der Waals surface area (Å²) in [6, 6.07) is 21.4. The molecule has 0 saturated heterocycles. The molecule has 1 aliphatic rings. The predicted molar refractivity (Wildman–Crippen MR) is 168 cm³/mol. The minimum atomic E-state index is -0.937. The van der Waals surface area contributed by atoms with Crippen molar-refractivity contribution in [2.75, 3.05) is 11.9 Å². The molecule has 5 rings (SSSR count). The lowest BCUT2D eigenvalue weighted by Crippen LogP contribution is -2.44. The number of anilines is 1. The molecule has 218 valence electrons. The quantitative estimate of drug-likeness (QED) is 0.206. The molecule has 1 fully saturated rings. The zero-order chi connectivity index (χ0) is 29.5. The molecule has 3 aromatic carbocycles. The molecule has 2 amide bonds. The second-order valence-electron chi connectivity index (χ2n) is 11.2. The number of nitrogens with one attached hydrogen (secondary N) is 1. The largest absolute Gasteiger partial charge is 0.478 e. The number of carboxylic acid groups (broad SMARTS) is 1. The number of amides is 2. The van der Waals surface area contributed by atoms with Crippen LogP contribution in [0.3, 0.4) is 0 Å². The minimum absolute atomic E-state index is 0.0777. The van der Waals surface area contributed by atoms with Gasteiger partial charge in [-0.1, -0.05) is 87.2 Å². The van der Waals surface area contributed by atoms with Gasteiger partial charge < -0.3 is 15.0 Å². The molecule has 7 nitrogen and oxygen atoms in total. The first kappa shape index (κ1) is 29.1. The van der Waals surface area contributed by atoms with Gasteiger partial charge in [-0.2, -0.15) is 0 Å². The van der Waals surface area contributed by atoms with Crippen molar-refractivity contribution in [3.8, 4) is 22.5 Å². The van der Waals surface area contributed by atoms with Crippen molar-refractivity contribution in [1.29, 1.82) is 0 Å². The zero-order valence-electron chi connectivity index (χ0n) is 24.6. The SMILES string of the molecule is CCCCc1cccc(N(C)C(=O)NC2CCCCC2)c1-c1nccn1Cc1ccc(-c2ccccc2C(=O)O)cc1. The van der Waals surface area contributed by atoms with Crippen LogP contribution in [0.2, 0.25) is 0 Å². The Kier molecular flexibility index (Phi) is 9.37. The Hall–Kier alpha value is -4.39. The lowest BCUT2D eigenvalue weighted by atomic mass is 9.95. The van der Waals surface area contributed by atoms with Gasteiger partial charge in [0.2, 0.25) is 0 Å². The van der Waals surface area contributed by atoms with E-state index in [0.717, 1.165) is 73.1 Å². The highest BCUT2D eigenvalue weighted by Gasteiger charge is 2.24. The highest BCUT2D eigenvalue weighted by atomic mass is 16.4. The van der Waals surface area contributed by atoms with Crippen LogP contribution in [0.1, 0.15) is 73.4 Å². The van der Waals surface area contributed by atoms with E-state index in [2.05, 4.69) is 22.9 Å². The first-order chi connectivity index (χ1) is 20.5. The van der Waals surface area contributed by atoms with Crippen LogP contribution in [-0.4, -0.2) is 39.7 Å². The summed E-state index contributed by atoms with van der Waals surface area (Å²) in [4.78, 5) is 31.7. The van der Waals surface area contributed by atoms with Crippen molar-refractivity contribution < 1.29 is 14.7 Å². The van der Waals surface area contributed by atoms with E-state index >= 15 is 0 Å². The van der Waals surface area contributed by atoms with Crippen LogP contribution in [0.5, 0.6) is 0 Å². The molecule has 0 bridgehead atoms. The Morgan fingerprint density at radius 2 is 1.76 bits per heavy atom. The van der Waals surface area contributed by atoms with Gasteiger partial charge in [0.1, 0.15) is 5.82 Å². The van der Waals surface area contributed by atoms with E-state index in [4.69, 9.17) is 4.98 Å². The number of carbonyl (C=O) groups excluding carboxylic acids is 1. The van der Waals surface area contributed by atoms with Crippen molar-refractivity contribution >= 4 is 17.7 Å². The predicted octanol–water partition coefficient (Wildman–Crippen LogP) is 7.78. The summed E-state index contributed by atoms with van der Waals surface area (Å²) in [5.74, 6) is -0.109. The Morgan fingerprint density at radius 1 is 1.00 bits per heavy atom. The van der Waals surface area contributed by atoms with Crippen LogP contribution in [0, 0.1) is 0 Å². The Labute approximate surface area is 248 Å². The number of hydrogen-bond acceptors (Lipinski definition) is 3. The molecule has 0 spiro atoms. The van der Waals surface area contributed by atoms with E-state index in [1.165, 1.54) is 12.0 Å². The number of unbranched alkanes of at least 4 members (excludes halogenated alkanes) is 1. The molecule has 7 heteroatoms. The van der Waals surface area contributed by atoms with Crippen molar-refractivity contribution in [1.82, 2.24) is 14.9 Å². The van der Waals surface area contributed by atoms with E-state index in [1.54, 1.807) is 17.0 Å². The van der Waals surface area contributed by atoms with E-state index in [-0.39, 0.29) is 17.6 Å². The fourth-order valence-electron chi connectivity index (χ4n) is 5.90. The first-order valence-electron chi connectivity index (χ1n) is 15.1. The van der Waals surface area contributed by atoms with Crippen LogP contribution in [0.25, 0.3) is 22.5 Å². The highest BCUT2D eigenvalue weighted by molar-refractivity contribution is 5.97. The summed E-state index contributed by atoms with van der Waals surface area (Å²) in [5.41, 5.74) is 5.94. The number of imidazole rings is 1. The molecule has 0 aliphatic heterocycles. The Bertz CT molecular complexity index is 1520. The number of carbonyl (C=O) groups is 2. The molecule has 0 unspecified atom stereocenters. The Balaban J connectivity index is 1.44. The summed E-state index contributed by atoms with van der Waals surface area (Å²) < 4.78 is 2.13. The zero-order valence-corrected chi connectivity index (χ0v) is 24.6. The van der Waals surface area contributed by atoms with Gasteiger partial charge in [0.25, 0.3) is 0 Å². The van der Waals surface area contributed by atoms with Crippen LogP contribution in [0.4, 0.5) is 10.5 Å². The van der Waals surface area contributed by atoms with Crippen LogP contribution in [-0.2, 0) is 13.0 Å². The third kappa shape index (κ3) is 6.56. The molecule has 1 aromatic heterocycles. The number of carboxylic acids is 1. The van der Waals surface area contributed by atoms with Crippen molar-refractivity contribution in [2.24, 2.45) is 0 Å². The number of urea groups is 1. The van der Waals surface area contributed by atoms with Crippen molar-refractivity contribution in [2.45, 2.75) is 70.9 Å². The number of aromatic nitrogens is 2. The Morgan fingerprint density at radius 3 is 2.50 bits per heavy atom. The summed E-state index contributed by atoms with van der Waals surface area (Å²) in [6.07, 6.45) is 12.5. The molecule has 4 aromatic rings. The lowest BCUT2D eigenvalue weighted by Gasteiger charge is -2.28. The fourth-order valence-corrected chi connectivity index (χ4v) is 5.90. The van der Waals surface area contributed by atoms with Gasteiger partial charge in [0.05, 0.1) is 11.3 Å². The molecule has 1 heterocycles. The number of benzene rings is 3. The maximum Gasteiger partial charge on any atom is 0.336 e. The monoisotopic (exact) mass is 564 g/mol. The summed E-state index contributed by atoms with van der Waals surface area (Å²) in [6.45, 7) is 2.78. The maximum absolute atomic E-state index is 13.4. The number of hydrogen-bond donors (Lipinski definition) is 2. The first-order valence-corrected chi connectivity index (χ1v) is 15.1. The summed E-state index contributed by atoms with van der Waals surface area (Å²) >= 11 is 0. The normalized spacial score (nSPS) is 13.6. The number of rotatable bonds is 10. The minimum Gasteiger partial charge on any atom is -0.478 e. The van der Waals surface area contributed by atoms with Gasteiger partial charge in [-0.15, -0.1) is 0 Å². The standard InChI is InChI=1S/C35H40N4O3/c1-3-4-11-27-12-10-17-31(38(2)35(42)37-28-13-6-5-7-14-28)32(27)33-36-22-23-39(33)24-25-18-20-26(21-19-25)29-15-8-9-16-30(29)34(40)41/h8-10,12,15-23,28H,3-7,11,13-14,24H2,1-2H3,(H,37,42)(H,40,41). The third-order valence-corrected chi connectivity index (χ3v) is 8.24. The van der Waals surface area contributed by atoms with Gasteiger partial charge in [0, 0.05) is 37.6 Å². The molecular weight excluding hydrogens is 524 g/mol. The number of aryl methyl sites for hydroxylation is 1. The van der Waals surface area contributed by atoms with Gasteiger partial charge in [-0.25, -0.2) is 14.6 Å². The second-order valence-corrected chi connectivity index (χ2v) is 11.2. The molecule has 1 saturated carbocycles. The molecule has 0 atom stereocenters. The van der Waals surface area contributed by atoms with Gasteiger partial charge in [0.15, 0.2) is 0 Å². The maximum atomic E-state index is 13.4. The molecule has 42 heavy (non-hydrogen) atoms. The lowest BCUT2D eigenvalue weighted by molar-refractivity contribution is 0.0697. The van der Waals surface area contributed by atoms with Crippen molar-refractivity contribution in [3.63, 3.8) is 0 Å². The van der Waals surface area contributed by atoms with E-state index in [9.17, 15) is 14.7 Å². The van der Waals surface area contributed by atoms with Crippen LogP contribution in [0.15, 0.2) is 79.1 Å². The molecule has 1 aliphatic carbocycles. The molecule has 2 N–H and O–H groups in total. The van der Waals surface area contributed by atoms with E-state index in [1.807, 2.05) is 68.0 Å². The molecule has 0 radical (unpaired) electrons. The van der Waals surface area contributed by atoms with Crippen LogP contribution >= 0.6 is 0 Å². The van der Waals surface area contributed by atoms with Gasteiger partial charge in [-0.05, 0) is 60.1 Å². The second kappa shape index (κ2) is 13.5. The van der Waals surface area contributed by atoms with Gasteiger partial charge >= 0.3 is 12.0 Å². The average molecular weight is 565 g/mol. The smallest absolute Gasteiger partial charge is 0.336 e. The number of aromatic carboxylic acids is 1. The topological polar surface area (TPSA) is 87.5 Å². The summed E-state index contributed by atoms with van der Waals surface area (Å²) in [5, 5.41) is 12.9. The highest BCUT2D eigenvalue weighted by Crippen LogP contribution is 2.35. The molecular formula is C35H40N4O3. The summed E-state index contributed by atoms with van der Waals surface area (Å²) in [7, 11) is 1.85. The van der Waals surface area contributed by atoms with E-state index in [0.29, 0.717) is 12.1 Å². The average Bonchev–Trinajstić information content (AvgIpc) is 3.47. The fraction of sp³-hybridized carbons (Fsp3) is 0.343. The van der Waals surface area contributed by atoms with Crippen molar-refractivity contribution in [3.05, 3.63) is 95.8 Å². The van der Waals surface area contributed by atoms with E-state index < -0.39 is 5.97 Å². The van der Waals surface area contributed by atoms with Gasteiger partial charge in [-0.3, -0.25) is 4.90 Å². The van der Waals surface area contributed by atoms with Crippen LogP contribution < -0.4 is 10.2 Å². The third-order valence-electron chi connectivity index (χ3n) is 8.24.